The number of nitrogens with one attached hydrogen (secondary N) is 2. The number of pyridine rings is 1. The topological polar surface area (TPSA) is 80.3 Å². The second kappa shape index (κ2) is 9.81. The number of halogens is 4. The van der Waals surface area contributed by atoms with Crippen molar-refractivity contribution in [2.75, 3.05) is 24.9 Å². The molecule has 1 aliphatic rings. The number of anilines is 1. The van der Waals surface area contributed by atoms with Gasteiger partial charge in [0.05, 0.1) is 13.3 Å². The van der Waals surface area contributed by atoms with Crippen LogP contribution in [0, 0.1) is 17.5 Å². The first-order valence-electron chi connectivity index (χ1n) is 10.4. The van der Waals surface area contributed by atoms with Gasteiger partial charge in [-0.25, -0.2) is 26.6 Å². The number of nitrogens with zero attached hydrogens (tertiary/aromatic N) is 1. The van der Waals surface area contributed by atoms with E-state index >= 15 is 8.78 Å². The Morgan fingerprint density at radius 3 is 2.50 bits per heavy atom. The summed E-state index contributed by atoms with van der Waals surface area (Å²) in [6.45, 7) is 1.02. The van der Waals surface area contributed by atoms with Gasteiger partial charge in [-0.1, -0.05) is 23.7 Å². The molecule has 0 radical (unpaired) electrons. The van der Waals surface area contributed by atoms with Gasteiger partial charge in [0.15, 0.2) is 11.6 Å². The van der Waals surface area contributed by atoms with Crippen LogP contribution < -0.4 is 14.8 Å². The van der Waals surface area contributed by atoms with Crippen LogP contribution in [0.15, 0.2) is 53.6 Å². The summed E-state index contributed by atoms with van der Waals surface area (Å²) in [4.78, 5) is 2.65. The standard InChI is InChI=1S/C23H21ClF3N3O3S/c1-33-23-21(17-12-28-9-8-16(17)13-2-4-14(24)5-3-13)18(26)10-19(22(23)27)34(31,32)30-20-7-6-15(25)11-29-20/h2-7,10-11,16-17,28H,8-9,12H2,1H3,(H,29,30)/t16-,17+/m0/s1. The SMILES string of the molecule is COc1c(F)c(S(=O)(=O)Nc2ccc(F)cn2)cc(F)c1[C@@H]1CNCC[C@H]1c1ccc(Cl)cc1. The first-order valence-corrected chi connectivity index (χ1v) is 12.2. The molecular formula is C23H21ClF3N3O3S. The fourth-order valence-electron chi connectivity index (χ4n) is 4.24. The summed E-state index contributed by atoms with van der Waals surface area (Å²) in [5, 5.41) is 3.74. The number of rotatable bonds is 6. The summed E-state index contributed by atoms with van der Waals surface area (Å²) in [5.41, 5.74) is 0.851. The zero-order valence-electron chi connectivity index (χ0n) is 18.0. The lowest BCUT2D eigenvalue weighted by molar-refractivity contribution is 0.340. The quantitative estimate of drug-likeness (QED) is 0.496. The Labute approximate surface area is 200 Å². The molecule has 0 aliphatic carbocycles. The molecule has 11 heteroatoms. The monoisotopic (exact) mass is 511 g/mol. The Kier molecular flexibility index (Phi) is 7.01. The van der Waals surface area contributed by atoms with E-state index in [1.807, 2.05) is 16.9 Å². The lowest BCUT2D eigenvalue weighted by Crippen LogP contribution is -2.35. The summed E-state index contributed by atoms with van der Waals surface area (Å²) in [5.74, 6) is -4.26. The number of hydrogen-bond acceptors (Lipinski definition) is 5. The van der Waals surface area contributed by atoms with Crippen molar-refractivity contribution in [3.63, 3.8) is 0 Å². The van der Waals surface area contributed by atoms with E-state index in [0.29, 0.717) is 30.6 Å². The molecule has 0 bridgehead atoms. The van der Waals surface area contributed by atoms with Crippen LogP contribution in [0.3, 0.4) is 0 Å². The molecule has 2 atom stereocenters. The number of hydrogen-bond donors (Lipinski definition) is 2. The summed E-state index contributed by atoms with van der Waals surface area (Å²) in [6, 6.07) is 9.82. The Hall–Kier alpha value is -2.82. The van der Waals surface area contributed by atoms with Crippen molar-refractivity contribution < 1.29 is 26.3 Å². The molecule has 1 aromatic heterocycles. The zero-order valence-corrected chi connectivity index (χ0v) is 19.6. The summed E-state index contributed by atoms with van der Waals surface area (Å²) >= 11 is 6.00. The number of piperidine rings is 1. The largest absolute Gasteiger partial charge is 0.493 e. The molecule has 2 aromatic carbocycles. The summed E-state index contributed by atoms with van der Waals surface area (Å²) < 4.78 is 76.9. The molecule has 0 unspecified atom stereocenters. The summed E-state index contributed by atoms with van der Waals surface area (Å²) in [6.07, 6.45) is 1.44. The fourth-order valence-corrected chi connectivity index (χ4v) is 5.45. The van der Waals surface area contributed by atoms with Crippen molar-refractivity contribution in [3.8, 4) is 5.75 Å². The normalized spacial score (nSPS) is 18.5. The van der Waals surface area contributed by atoms with E-state index < -0.39 is 44.0 Å². The Bertz CT molecular complexity index is 1290. The predicted octanol–water partition coefficient (Wildman–Crippen LogP) is 4.82. The number of ether oxygens (including phenoxy) is 1. The first kappa shape index (κ1) is 24.3. The molecule has 2 N–H and O–H groups in total. The lowest BCUT2D eigenvalue weighted by atomic mass is 9.77. The van der Waals surface area contributed by atoms with Crippen LogP contribution >= 0.6 is 11.6 Å². The molecule has 34 heavy (non-hydrogen) atoms. The van der Waals surface area contributed by atoms with Gasteiger partial charge in [-0.3, -0.25) is 4.72 Å². The van der Waals surface area contributed by atoms with E-state index in [2.05, 4.69) is 10.3 Å². The minimum atomic E-state index is -4.59. The first-order chi connectivity index (χ1) is 16.2. The third-order valence-corrected chi connectivity index (χ3v) is 7.39. The van der Waals surface area contributed by atoms with Gasteiger partial charge in [0, 0.05) is 23.0 Å². The molecule has 3 aromatic rings. The number of benzene rings is 2. The maximum absolute atomic E-state index is 15.5. The molecule has 4 rings (SSSR count). The Morgan fingerprint density at radius 2 is 1.85 bits per heavy atom. The van der Waals surface area contributed by atoms with Crippen LogP contribution in [0.1, 0.15) is 29.4 Å². The van der Waals surface area contributed by atoms with Crippen LogP contribution in [0.4, 0.5) is 19.0 Å². The maximum Gasteiger partial charge on any atom is 0.266 e. The zero-order chi connectivity index (χ0) is 24.5. The molecule has 1 fully saturated rings. The van der Waals surface area contributed by atoms with Crippen LogP contribution in [-0.4, -0.2) is 33.6 Å². The van der Waals surface area contributed by atoms with Crippen LogP contribution in [0.2, 0.25) is 5.02 Å². The minimum absolute atomic E-state index is 0.0500. The Balaban J connectivity index is 1.76. The average molecular weight is 512 g/mol. The van der Waals surface area contributed by atoms with Gasteiger partial charge >= 0.3 is 0 Å². The van der Waals surface area contributed by atoms with E-state index in [1.54, 1.807) is 12.1 Å². The van der Waals surface area contributed by atoms with Gasteiger partial charge in [0.1, 0.15) is 22.3 Å². The lowest BCUT2D eigenvalue weighted by Gasteiger charge is -2.34. The molecule has 1 aliphatic heterocycles. The van der Waals surface area contributed by atoms with Crippen molar-refractivity contribution >= 4 is 27.4 Å². The second-order valence-electron chi connectivity index (χ2n) is 7.84. The highest BCUT2D eigenvalue weighted by Crippen LogP contribution is 2.44. The van der Waals surface area contributed by atoms with Crippen LogP contribution in [-0.2, 0) is 10.0 Å². The number of sulfonamides is 1. The summed E-state index contributed by atoms with van der Waals surface area (Å²) in [7, 11) is -3.44. The third-order valence-electron chi connectivity index (χ3n) is 5.79. The van der Waals surface area contributed by atoms with Gasteiger partial charge in [0.2, 0.25) is 0 Å². The molecule has 180 valence electrons. The fraction of sp³-hybridized carbons (Fsp3) is 0.261. The smallest absolute Gasteiger partial charge is 0.266 e. The predicted molar refractivity (Wildman–Crippen MR) is 122 cm³/mol. The van der Waals surface area contributed by atoms with Crippen molar-refractivity contribution in [1.29, 1.82) is 0 Å². The van der Waals surface area contributed by atoms with E-state index in [0.717, 1.165) is 31.0 Å². The van der Waals surface area contributed by atoms with E-state index in [1.165, 1.54) is 0 Å². The van der Waals surface area contributed by atoms with Crippen molar-refractivity contribution in [2.45, 2.75) is 23.2 Å². The average Bonchev–Trinajstić information content (AvgIpc) is 2.82. The van der Waals surface area contributed by atoms with E-state index in [-0.39, 0.29) is 17.3 Å². The van der Waals surface area contributed by atoms with Crippen molar-refractivity contribution in [1.82, 2.24) is 10.3 Å². The molecule has 6 nitrogen and oxygen atoms in total. The van der Waals surface area contributed by atoms with Crippen molar-refractivity contribution in [2.24, 2.45) is 0 Å². The maximum atomic E-state index is 15.5. The van der Waals surface area contributed by atoms with Crippen LogP contribution in [0.5, 0.6) is 5.75 Å². The van der Waals surface area contributed by atoms with E-state index in [9.17, 15) is 12.8 Å². The van der Waals surface area contributed by atoms with Crippen molar-refractivity contribution in [3.05, 3.63) is 82.3 Å². The van der Waals surface area contributed by atoms with Crippen LogP contribution in [0.25, 0.3) is 0 Å². The van der Waals surface area contributed by atoms with Gasteiger partial charge in [-0.2, -0.15) is 0 Å². The van der Waals surface area contributed by atoms with Gasteiger partial charge in [0.25, 0.3) is 10.0 Å². The molecule has 0 spiro atoms. The molecule has 0 saturated carbocycles. The van der Waals surface area contributed by atoms with Gasteiger partial charge in [-0.05, 0) is 54.8 Å². The molecule has 0 amide bonds. The third kappa shape index (κ3) is 4.84. The highest BCUT2D eigenvalue weighted by molar-refractivity contribution is 7.92. The number of methoxy groups -OCH3 is 1. The highest BCUT2D eigenvalue weighted by Gasteiger charge is 2.36. The highest BCUT2D eigenvalue weighted by atomic mass is 35.5. The molecule has 1 saturated heterocycles. The second-order valence-corrected chi connectivity index (χ2v) is 9.93. The Morgan fingerprint density at radius 1 is 1.12 bits per heavy atom. The number of aromatic nitrogens is 1. The molecular weight excluding hydrogens is 491 g/mol. The van der Waals surface area contributed by atoms with Gasteiger partial charge < -0.3 is 10.1 Å². The van der Waals surface area contributed by atoms with Gasteiger partial charge in [-0.15, -0.1) is 0 Å². The van der Waals surface area contributed by atoms with E-state index in [4.69, 9.17) is 16.3 Å². The molecule has 2 heterocycles. The minimum Gasteiger partial charge on any atom is -0.493 e.